The van der Waals surface area contributed by atoms with Gasteiger partial charge in [0.2, 0.25) is 5.28 Å². The van der Waals surface area contributed by atoms with Gasteiger partial charge in [0.15, 0.2) is 0 Å². The largest absolute Gasteiger partial charge is 0.444 e. The molecule has 0 radical (unpaired) electrons. The van der Waals surface area contributed by atoms with Crippen LogP contribution < -0.4 is 5.32 Å². The average Bonchev–Trinajstić information content (AvgIpc) is 3.03. The summed E-state index contributed by atoms with van der Waals surface area (Å²) in [5.41, 5.74) is 2.14. The Morgan fingerprint density at radius 2 is 1.96 bits per heavy atom. The number of rotatable bonds is 3. The molecule has 1 aliphatic heterocycles. The summed E-state index contributed by atoms with van der Waals surface area (Å²) in [6.45, 7) is 6.88. The molecule has 3 heterocycles. The van der Waals surface area contributed by atoms with Crippen LogP contribution in [-0.2, 0) is 4.74 Å². The number of hydrogen-bond donors (Lipinski definition) is 1. The molecule has 1 N–H and O–H groups in total. The molecule has 0 bridgehead atoms. The van der Waals surface area contributed by atoms with E-state index in [9.17, 15) is 4.79 Å². The maximum atomic E-state index is 12.2. The minimum absolute atomic E-state index is 0.154. The van der Waals surface area contributed by atoms with Gasteiger partial charge in [0.25, 0.3) is 0 Å². The molecule has 26 heavy (non-hydrogen) atoms. The Kier molecular flexibility index (Phi) is 5.27. The van der Waals surface area contributed by atoms with Crippen molar-refractivity contribution in [2.24, 2.45) is 0 Å². The predicted octanol–water partition coefficient (Wildman–Crippen LogP) is 3.61. The molecule has 0 saturated carbocycles. The Morgan fingerprint density at radius 3 is 2.65 bits per heavy atom. The summed E-state index contributed by atoms with van der Waals surface area (Å²) < 4.78 is 5.43. The quantitative estimate of drug-likeness (QED) is 0.825. The molecular weight excluding hydrogens is 354 g/mol. The summed E-state index contributed by atoms with van der Waals surface area (Å²) >= 11 is 5.73. The first-order chi connectivity index (χ1) is 12.3. The molecule has 3 rings (SSSR count). The van der Waals surface area contributed by atoms with Crippen LogP contribution in [0.2, 0.25) is 5.28 Å². The van der Waals surface area contributed by atoms with Gasteiger partial charge in [-0.3, -0.25) is 4.98 Å². The fourth-order valence-electron chi connectivity index (χ4n) is 2.74. The van der Waals surface area contributed by atoms with Gasteiger partial charge in [-0.1, -0.05) is 0 Å². The third-order valence-corrected chi connectivity index (χ3v) is 4.10. The van der Waals surface area contributed by atoms with Crippen molar-refractivity contribution in [1.29, 1.82) is 0 Å². The van der Waals surface area contributed by atoms with Gasteiger partial charge in [0, 0.05) is 55.0 Å². The molecule has 1 atom stereocenters. The monoisotopic (exact) mass is 375 g/mol. The summed E-state index contributed by atoms with van der Waals surface area (Å²) in [4.78, 5) is 26.2. The van der Waals surface area contributed by atoms with Gasteiger partial charge in [-0.05, 0) is 44.9 Å². The molecule has 138 valence electrons. The number of nitrogens with one attached hydrogen (secondary N) is 1. The lowest BCUT2D eigenvalue weighted by Gasteiger charge is -2.24. The fourth-order valence-corrected chi connectivity index (χ4v) is 2.84. The van der Waals surface area contributed by atoms with Crippen molar-refractivity contribution < 1.29 is 9.53 Å². The van der Waals surface area contributed by atoms with Crippen LogP contribution in [0.5, 0.6) is 0 Å². The van der Waals surface area contributed by atoms with Crippen LogP contribution in [0.3, 0.4) is 0 Å². The van der Waals surface area contributed by atoms with Crippen LogP contribution in [0, 0.1) is 0 Å². The van der Waals surface area contributed by atoms with Crippen molar-refractivity contribution in [3.05, 3.63) is 36.1 Å². The molecule has 1 saturated heterocycles. The molecule has 1 aliphatic rings. The van der Waals surface area contributed by atoms with E-state index in [1.54, 1.807) is 29.7 Å². The summed E-state index contributed by atoms with van der Waals surface area (Å²) in [5.74, 6) is 0. The van der Waals surface area contributed by atoms with Crippen molar-refractivity contribution in [2.45, 2.75) is 38.8 Å². The highest BCUT2D eigenvalue weighted by atomic mass is 35.5. The number of ether oxygens (including phenoxy) is 1. The van der Waals surface area contributed by atoms with Gasteiger partial charge in [-0.2, -0.15) is 0 Å². The van der Waals surface area contributed by atoms with Crippen molar-refractivity contribution in [3.8, 4) is 11.1 Å². The Morgan fingerprint density at radius 1 is 1.23 bits per heavy atom. The van der Waals surface area contributed by atoms with Crippen LogP contribution in [-0.4, -0.2) is 50.7 Å². The van der Waals surface area contributed by atoms with Crippen LogP contribution in [0.25, 0.3) is 11.1 Å². The van der Waals surface area contributed by atoms with Crippen LogP contribution >= 0.6 is 11.6 Å². The molecule has 0 unspecified atom stereocenters. The first-order valence-corrected chi connectivity index (χ1v) is 8.85. The SMILES string of the molecule is CC(C)(C)OC(=O)N1CC[C@H](Nc2cncc(-c3cnc(Cl)nc3)c2)C1. The maximum Gasteiger partial charge on any atom is 0.410 e. The second kappa shape index (κ2) is 7.45. The van der Waals surface area contributed by atoms with Crippen LogP contribution in [0.4, 0.5) is 10.5 Å². The molecule has 0 spiro atoms. The highest BCUT2D eigenvalue weighted by Crippen LogP contribution is 2.23. The number of amides is 1. The third-order valence-electron chi connectivity index (χ3n) is 3.90. The van der Waals surface area contributed by atoms with Gasteiger partial charge in [-0.25, -0.2) is 14.8 Å². The fraction of sp³-hybridized carbons (Fsp3) is 0.444. The van der Waals surface area contributed by atoms with Crippen LogP contribution in [0.15, 0.2) is 30.9 Å². The normalized spacial score (nSPS) is 17.2. The van der Waals surface area contributed by atoms with Gasteiger partial charge in [0.1, 0.15) is 5.60 Å². The topological polar surface area (TPSA) is 80.2 Å². The van der Waals surface area contributed by atoms with Gasteiger partial charge < -0.3 is 15.0 Å². The van der Waals surface area contributed by atoms with Crippen molar-refractivity contribution >= 4 is 23.4 Å². The molecule has 7 nitrogen and oxygen atoms in total. The Labute approximate surface area is 157 Å². The van der Waals surface area contributed by atoms with E-state index in [2.05, 4.69) is 20.3 Å². The van der Waals surface area contributed by atoms with E-state index < -0.39 is 5.60 Å². The lowest BCUT2D eigenvalue weighted by Crippen LogP contribution is -2.36. The van der Waals surface area contributed by atoms with E-state index in [0.717, 1.165) is 23.2 Å². The van der Waals surface area contributed by atoms with E-state index in [1.807, 2.05) is 26.8 Å². The molecule has 2 aromatic heterocycles. The standard InChI is InChI=1S/C18H22ClN5O2/c1-18(2,3)26-17(25)24-5-4-14(11-24)23-15-6-12(7-20-10-15)13-8-21-16(19)22-9-13/h6-10,14,23H,4-5,11H2,1-3H3/t14-/m0/s1. The number of hydrogen-bond acceptors (Lipinski definition) is 6. The minimum atomic E-state index is -0.485. The number of aromatic nitrogens is 3. The van der Waals surface area contributed by atoms with Gasteiger partial charge in [0.05, 0.1) is 5.69 Å². The van der Waals surface area contributed by atoms with Crippen molar-refractivity contribution in [1.82, 2.24) is 19.9 Å². The maximum absolute atomic E-state index is 12.2. The number of pyridine rings is 1. The van der Waals surface area contributed by atoms with Gasteiger partial charge >= 0.3 is 6.09 Å². The zero-order chi connectivity index (χ0) is 18.7. The predicted molar refractivity (Wildman–Crippen MR) is 100 cm³/mol. The zero-order valence-electron chi connectivity index (χ0n) is 15.1. The Bertz CT molecular complexity index is 776. The number of carbonyl (C=O) groups is 1. The Balaban J connectivity index is 1.62. The molecule has 2 aromatic rings. The minimum Gasteiger partial charge on any atom is -0.444 e. The van der Waals surface area contributed by atoms with Crippen molar-refractivity contribution in [2.75, 3.05) is 18.4 Å². The second-order valence-corrected chi connectivity index (χ2v) is 7.60. The highest BCUT2D eigenvalue weighted by Gasteiger charge is 2.29. The van der Waals surface area contributed by atoms with Crippen LogP contribution in [0.1, 0.15) is 27.2 Å². The Hall–Kier alpha value is -2.41. The first-order valence-electron chi connectivity index (χ1n) is 8.47. The van der Waals surface area contributed by atoms with E-state index >= 15 is 0 Å². The number of anilines is 1. The molecular formula is C18H22ClN5O2. The number of nitrogens with zero attached hydrogens (tertiary/aromatic N) is 4. The lowest BCUT2D eigenvalue weighted by atomic mass is 10.1. The summed E-state index contributed by atoms with van der Waals surface area (Å²) in [6, 6.07) is 2.14. The van der Waals surface area contributed by atoms with Crippen molar-refractivity contribution in [3.63, 3.8) is 0 Å². The van der Waals surface area contributed by atoms with E-state index in [4.69, 9.17) is 16.3 Å². The molecule has 1 amide bonds. The number of halogens is 1. The molecule has 0 aromatic carbocycles. The number of likely N-dealkylation sites (tertiary alicyclic amines) is 1. The third kappa shape index (κ3) is 4.82. The summed E-state index contributed by atoms with van der Waals surface area (Å²) in [7, 11) is 0. The van der Waals surface area contributed by atoms with Gasteiger partial charge in [-0.15, -0.1) is 0 Å². The molecule has 1 fully saturated rings. The van der Waals surface area contributed by atoms with E-state index in [1.165, 1.54) is 0 Å². The highest BCUT2D eigenvalue weighted by molar-refractivity contribution is 6.28. The second-order valence-electron chi connectivity index (χ2n) is 7.26. The number of carbonyl (C=O) groups excluding carboxylic acids is 1. The van der Waals surface area contributed by atoms with E-state index in [-0.39, 0.29) is 17.4 Å². The average molecular weight is 376 g/mol. The molecule has 0 aliphatic carbocycles. The molecule has 8 heteroatoms. The smallest absolute Gasteiger partial charge is 0.410 e. The summed E-state index contributed by atoms with van der Waals surface area (Å²) in [5, 5.41) is 3.64. The first kappa shape index (κ1) is 18.4. The zero-order valence-corrected chi connectivity index (χ0v) is 15.8. The van der Waals surface area contributed by atoms with E-state index in [0.29, 0.717) is 13.1 Å². The summed E-state index contributed by atoms with van der Waals surface area (Å²) in [6.07, 6.45) is 7.42. The lowest BCUT2D eigenvalue weighted by molar-refractivity contribution is 0.0293.